The van der Waals surface area contributed by atoms with Gasteiger partial charge in [-0.05, 0) is 18.2 Å². The fraction of sp³-hybridized carbons (Fsp3) is 0. The summed E-state index contributed by atoms with van der Waals surface area (Å²) in [5.41, 5.74) is 0.626. The van der Waals surface area contributed by atoms with Gasteiger partial charge in [-0.15, -0.1) is 0 Å². The van der Waals surface area contributed by atoms with Crippen molar-refractivity contribution in [2.24, 2.45) is 0 Å². The quantitative estimate of drug-likeness (QED) is 0.608. The normalized spacial score (nSPS) is 10.5. The molecule has 0 aliphatic heterocycles. The lowest BCUT2D eigenvalue weighted by Crippen LogP contribution is -1.80. The highest BCUT2D eigenvalue weighted by molar-refractivity contribution is 6.31. The summed E-state index contributed by atoms with van der Waals surface area (Å²) in [5, 5.41) is 1.17. The first kappa shape index (κ1) is 7.50. The number of nitrogens with zero attached hydrogens (tertiary/aromatic N) is 1. The second-order valence-corrected chi connectivity index (χ2v) is 2.85. The Kier molecular flexibility index (Phi) is 1.70. The van der Waals surface area contributed by atoms with Crippen LogP contribution in [0.1, 0.15) is 0 Å². The summed E-state index contributed by atoms with van der Waals surface area (Å²) in [6, 6.07) is 6.99. The lowest BCUT2D eigenvalue weighted by molar-refractivity contribution is 0.629. The minimum absolute atomic E-state index is 0.327. The van der Waals surface area contributed by atoms with Crippen molar-refractivity contribution in [3.63, 3.8) is 0 Å². The molecule has 1 heterocycles. The number of benzene rings is 1. The molecule has 0 saturated carbocycles. The van der Waals surface area contributed by atoms with Gasteiger partial charge in [-0.2, -0.15) is 0 Å². The lowest BCUT2D eigenvalue weighted by atomic mass is 10.2. The van der Waals surface area contributed by atoms with Crippen LogP contribution < -0.4 is 0 Å². The Hall–Kier alpha value is -1.15. The van der Waals surface area contributed by atoms with E-state index >= 15 is 0 Å². The average molecular weight is 181 g/mol. The van der Waals surface area contributed by atoms with Crippen molar-refractivity contribution in [2.75, 3.05) is 0 Å². The van der Waals surface area contributed by atoms with E-state index in [-0.39, 0.29) is 5.82 Å². The zero-order valence-electron chi connectivity index (χ0n) is 6.01. The molecule has 0 atom stereocenters. The standard InChI is InChI=1S/C9H4ClFN/c10-7-3-6-4-8(11)1-2-9(6)12-5-7/h1,3-5H. The number of halogens is 2. The van der Waals surface area contributed by atoms with Crippen LogP contribution in [0.5, 0.6) is 0 Å². The first-order valence-corrected chi connectivity index (χ1v) is 3.76. The predicted molar refractivity (Wildman–Crippen MR) is 45.5 cm³/mol. The molecule has 0 aliphatic carbocycles. The fourth-order valence-corrected chi connectivity index (χ4v) is 1.18. The maximum Gasteiger partial charge on any atom is 0.124 e. The molecule has 2 rings (SSSR count). The molecule has 0 aliphatic rings. The molecule has 12 heavy (non-hydrogen) atoms. The molecule has 1 aromatic heterocycles. The average Bonchev–Trinajstić information content (AvgIpc) is 2.03. The minimum Gasteiger partial charge on any atom is -0.254 e. The highest BCUT2D eigenvalue weighted by atomic mass is 35.5. The zero-order chi connectivity index (χ0) is 8.55. The van der Waals surface area contributed by atoms with Crippen molar-refractivity contribution in [3.8, 4) is 0 Å². The van der Waals surface area contributed by atoms with E-state index in [0.29, 0.717) is 15.9 Å². The topological polar surface area (TPSA) is 12.9 Å². The van der Waals surface area contributed by atoms with Gasteiger partial charge in [0.25, 0.3) is 0 Å². The van der Waals surface area contributed by atoms with Gasteiger partial charge in [-0.1, -0.05) is 11.6 Å². The maximum atomic E-state index is 12.7. The Morgan fingerprint density at radius 3 is 3.08 bits per heavy atom. The van der Waals surface area contributed by atoms with Gasteiger partial charge in [0, 0.05) is 17.6 Å². The van der Waals surface area contributed by atoms with Crippen LogP contribution in [0.25, 0.3) is 10.9 Å². The van der Waals surface area contributed by atoms with Crippen molar-refractivity contribution in [1.82, 2.24) is 4.98 Å². The Morgan fingerprint density at radius 2 is 2.25 bits per heavy atom. The molecular weight excluding hydrogens is 177 g/mol. The van der Waals surface area contributed by atoms with Gasteiger partial charge in [0.05, 0.1) is 10.5 Å². The SMILES string of the molecule is Fc1c[c]c2ncc(Cl)cc2c1. The summed E-state index contributed by atoms with van der Waals surface area (Å²) in [5.74, 6) is -0.327. The molecule has 0 unspecified atom stereocenters. The third kappa shape index (κ3) is 1.25. The van der Waals surface area contributed by atoms with Crippen LogP contribution in [0.4, 0.5) is 4.39 Å². The number of hydrogen-bond donors (Lipinski definition) is 0. The van der Waals surface area contributed by atoms with Crippen LogP contribution in [0, 0.1) is 11.9 Å². The molecule has 0 bridgehead atoms. The molecule has 3 heteroatoms. The third-order valence-corrected chi connectivity index (χ3v) is 1.73. The first-order chi connectivity index (χ1) is 5.75. The molecule has 0 N–H and O–H groups in total. The van der Waals surface area contributed by atoms with Crippen LogP contribution in [0.2, 0.25) is 5.02 Å². The molecular formula is C9H4ClFN. The molecule has 0 spiro atoms. The van der Waals surface area contributed by atoms with Crippen molar-refractivity contribution in [3.05, 3.63) is 41.3 Å². The zero-order valence-corrected chi connectivity index (χ0v) is 6.77. The summed E-state index contributed by atoms with van der Waals surface area (Å²) in [6.07, 6.45) is 1.51. The highest BCUT2D eigenvalue weighted by Gasteiger charge is 1.97. The molecule has 1 radical (unpaired) electrons. The molecule has 0 saturated heterocycles. The predicted octanol–water partition coefficient (Wildman–Crippen LogP) is 2.83. The Morgan fingerprint density at radius 1 is 1.42 bits per heavy atom. The number of rotatable bonds is 0. The highest BCUT2D eigenvalue weighted by Crippen LogP contribution is 2.16. The second-order valence-electron chi connectivity index (χ2n) is 2.41. The van der Waals surface area contributed by atoms with Gasteiger partial charge in [0.2, 0.25) is 0 Å². The number of pyridine rings is 1. The Labute approximate surface area is 73.8 Å². The van der Waals surface area contributed by atoms with Crippen molar-refractivity contribution < 1.29 is 4.39 Å². The van der Waals surface area contributed by atoms with Gasteiger partial charge in [-0.25, -0.2) is 4.39 Å². The summed E-state index contributed by atoms with van der Waals surface area (Å²) in [4.78, 5) is 3.97. The van der Waals surface area contributed by atoms with Crippen LogP contribution >= 0.6 is 11.6 Å². The number of fused-ring (bicyclic) bond motifs is 1. The van der Waals surface area contributed by atoms with E-state index in [1.807, 2.05) is 0 Å². The number of hydrogen-bond acceptors (Lipinski definition) is 1. The lowest BCUT2D eigenvalue weighted by Gasteiger charge is -1.95. The van der Waals surface area contributed by atoms with Crippen molar-refractivity contribution in [2.45, 2.75) is 0 Å². The third-order valence-electron chi connectivity index (χ3n) is 1.52. The number of aromatic nitrogens is 1. The molecule has 0 amide bonds. The molecule has 1 aromatic carbocycles. The van der Waals surface area contributed by atoms with E-state index in [0.717, 1.165) is 0 Å². The van der Waals surface area contributed by atoms with Gasteiger partial charge in [0.1, 0.15) is 5.82 Å². The first-order valence-electron chi connectivity index (χ1n) is 3.38. The monoisotopic (exact) mass is 180 g/mol. The minimum atomic E-state index is -0.327. The van der Waals surface area contributed by atoms with Crippen LogP contribution in [-0.4, -0.2) is 4.98 Å². The second kappa shape index (κ2) is 2.72. The van der Waals surface area contributed by atoms with Crippen LogP contribution in [0.15, 0.2) is 24.4 Å². The largest absolute Gasteiger partial charge is 0.254 e. The van der Waals surface area contributed by atoms with Crippen LogP contribution in [0.3, 0.4) is 0 Å². The molecule has 2 aromatic rings. The van der Waals surface area contributed by atoms with Gasteiger partial charge < -0.3 is 0 Å². The summed E-state index contributed by atoms with van der Waals surface area (Å²) >= 11 is 5.67. The maximum absolute atomic E-state index is 12.7. The Balaban J connectivity index is 2.80. The molecule has 1 nitrogen and oxygen atoms in total. The smallest absolute Gasteiger partial charge is 0.124 e. The van der Waals surface area contributed by atoms with Crippen molar-refractivity contribution in [1.29, 1.82) is 0 Å². The van der Waals surface area contributed by atoms with Gasteiger partial charge in [0.15, 0.2) is 0 Å². The van der Waals surface area contributed by atoms with E-state index in [9.17, 15) is 4.39 Å². The summed E-state index contributed by atoms with van der Waals surface area (Å²) in [7, 11) is 0. The van der Waals surface area contributed by atoms with E-state index in [4.69, 9.17) is 11.6 Å². The molecule has 59 valence electrons. The van der Waals surface area contributed by atoms with E-state index < -0.39 is 0 Å². The summed E-state index contributed by atoms with van der Waals surface area (Å²) < 4.78 is 12.7. The van der Waals surface area contributed by atoms with Gasteiger partial charge >= 0.3 is 0 Å². The van der Waals surface area contributed by atoms with E-state index in [1.165, 1.54) is 18.3 Å². The fourth-order valence-electron chi connectivity index (χ4n) is 1.01. The van der Waals surface area contributed by atoms with Crippen molar-refractivity contribution >= 4 is 22.5 Å². The van der Waals surface area contributed by atoms with Crippen LogP contribution in [-0.2, 0) is 0 Å². The Bertz CT molecular complexity index is 391. The summed E-state index contributed by atoms with van der Waals surface area (Å²) in [6.45, 7) is 0. The van der Waals surface area contributed by atoms with E-state index in [2.05, 4.69) is 11.1 Å². The van der Waals surface area contributed by atoms with E-state index in [1.54, 1.807) is 6.07 Å². The molecule has 0 fully saturated rings. The van der Waals surface area contributed by atoms with Gasteiger partial charge in [-0.3, -0.25) is 4.98 Å².